The highest BCUT2D eigenvalue weighted by Crippen LogP contribution is 2.60. The van der Waals surface area contributed by atoms with Gasteiger partial charge in [0.2, 0.25) is 0 Å². The molecule has 7 aliphatic rings. The summed E-state index contributed by atoms with van der Waals surface area (Å²) in [4.78, 5) is 0. The van der Waals surface area contributed by atoms with Gasteiger partial charge in [-0.25, -0.2) is 0 Å². The monoisotopic (exact) mass is 740 g/mol. The Balaban J connectivity index is 0.958. The van der Waals surface area contributed by atoms with E-state index in [4.69, 9.17) is 0 Å². The third kappa shape index (κ3) is 6.86. The molecule has 0 spiro atoms. The fraction of sp³-hybridized carbons (Fsp3) is 0.455. The second kappa shape index (κ2) is 16.0. The molecule has 2 unspecified atom stereocenters. The molecule has 9 rings (SSSR count). The van der Waals surface area contributed by atoms with E-state index in [1.54, 1.807) is 39.0 Å². The van der Waals surface area contributed by atoms with Crippen molar-refractivity contribution in [3.63, 3.8) is 0 Å². The number of allylic oxidation sites excluding steroid dienone is 16. The fourth-order valence-corrected chi connectivity index (χ4v) is 11.6. The Morgan fingerprint density at radius 2 is 1.34 bits per heavy atom. The molecule has 1 N–H and O–H groups in total. The van der Waals surface area contributed by atoms with E-state index in [0.29, 0.717) is 12.0 Å². The molecule has 290 valence electrons. The quantitative estimate of drug-likeness (QED) is 0.239. The number of fused-ring (bicyclic) bond motifs is 1. The van der Waals surface area contributed by atoms with Crippen LogP contribution in [0, 0.1) is 11.8 Å². The van der Waals surface area contributed by atoms with Crippen LogP contribution in [0.1, 0.15) is 141 Å². The van der Waals surface area contributed by atoms with Crippen LogP contribution in [0.4, 0.5) is 0 Å². The number of benzene rings is 2. The van der Waals surface area contributed by atoms with E-state index in [2.05, 4.69) is 135 Å². The van der Waals surface area contributed by atoms with E-state index in [1.807, 2.05) is 0 Å². The van der Waals surface area contributed by atoms with Gasteiger partial charge in [0.15, 0.2) is 0 Å². The number of rotatable bonds is 10. The zero-order chi connectivity index (χ0) is 38.1. The third-order valence-corrected chi connectivity index (χ3v) is 15.5. The van der Waals surface area contributed by atoms with E-state index < -0.39 is 0 Å². The van der Waals surface area contributed by atoms with Crippen molar-refractivity contribution < 1.29 is 0 Å². The Bertz CT molecular complexity index is 2030. The highest BCUT2D eigenvalue weighted by molar-refractivity contribution is 5.75. The number of nitrogens with one attached hydrogen (secondary N) is 1. The molecule has 0 aromatic heterocycles. The second-order valence-electron chi connectivity index (χ2n) is 18.4. The molecule has 56 heavy (non-hydrogen) atoms. The number of hydrogen-bond acceptors (Lipinski definition) is 1. The average molecular weight is 740 g/mol. The summed E-state index contributed by atoms with van der Waals surface area (Å²) >= 11 is 0. The molecular formula is C55H65N. The molecule has 0 saturated heterocycles. The lowest BCUT2D eigenvalue weighted by molar-refractivity contribution is 0.405. The van der Waals surface area contributed by atoms with Gasteiger partial charge < -0.3 is 5.32 Å². The SMILES string of the molecule is CCC(C)(CC)c1ccc(-c2ccc(C3(C4=CCC(C5=CC=C(NC6C=CC(C7CCCCC7)=CC6)CC5)CC4)C4=C(CCC=C4)C4=C3C=CCC4)cc2)cc1. The molecule has 0 amide bonds. The maximum atomic E-state index is 3.90. The summed E-state index contributed by atoms with van der Waals surface area (Å²) in [5.41, 5.74) is 18.4. The van der Waals surface area contributed by atoms with Crippen LogP contribution in [0.25, 0.3) is 11.1 Å². The smallest absolute Gasteiger partial charge is 0.0666 e. The van der Waals surface area contributed by atoms with Crippen molar-refractivity contribution in [2.45, 2.75) is 147 Å². The van der Waals surface area contributed by atoms with Gasteiger partial charge in [0.25, 0.3) is 0 Å². The van der Waals surface area contributed by atoms with Crippen LogP contribution in [0.3, 0.4) is 0 Å². The Kier molecular flexibility index (Phi) is 10.7. The van der Waals surface area contributed by atoms with Crippen LogP contribution in [0.5, 0.6) is 0 Å². The second-order valence-corrected chi connectivity index (χ2v) is 18.4. The van der Waals surface area contributed by atoms with Gasteiger partial charge in [-0.05, 0) is 163 Å². The van der Waals surface area contributed by atoms with Crippen molar-refractivity contribution in [3.05, 3.63) is 165 Å². The Morgan fingerprint density at radius 3 is 1.91 bits per heavy atom. The van der Waals surface area contributed by atoms with Crippen molar-refractivity contribution in [1.29, 1.82) is 0 Å². The lowest BCUT2D eigenvalue weighted by Gasteiger charge is -2.41. The van der Waals surface area contributed by atoms with Gasteiger partial charge in [-0.3, -0.25) is 0 Å². The predicted molar refractivity (Wildman–Crippen MR) is 238 cm³/mol. The topological polar surface area (TPSA) is 12.0 Å². The molecule has 0 heterocycles. The molecular weight excluding hydrogens is 675 g/mol. The first-order valence-corrected chi connectivity index (χ1v) is 22.8. The van der Waals surface area contributed by atoms with Crippen LogP contribution in [0.2, 0.25) is 0 Å². The summed E-state index contributed by atoms with van der Waals surface area (Å²) in [6, 6.07) is 19.7. The summed E-state index contributed by atoms with van der Waals surface area (Å²) in [5, 5.41) is 3.90. The first-order chi connectivity index (χ1) is 27.5. The fourth-order valence-electron chi connectivity index (χ4n) is 11.6. The molecule has 0 radical (unpaired) electrons. The van der Waals surface area contributed by atoms with Gasteiger partial charge in [-0.2, -0.15) is 0 Å². The maximum absolute atomic E-state index is 3.90. The largest absolute Gasteiger partial charge is 0.382 e. The average Bonchev–Trinajstić information content (AvgIpc) is 3.58. The normalized spacial score (nSPS) is 25.0. The summed E-state index contributed by atoms with van der Waals surface area (Å²) < 4.78 is 0. The van der Waals surface area contributed by atoms with E-state index in [9.17, 15) is 0 Å². The van der Waals surface area contributed by atoms with Crippen LogP contribution in [-0.2, 0) is 10.8 Å². The zero-order valence-electron chi connectivity index (χ0n) is 34.6. The molecule has 1 saturated carbocycles. The lowest BCUT2D eigenvalue weighted by Crippen LogP contribution is -2.33. The van der Waals surface area contributed by atoms with E-state index in [-0.39, 0.29) is 10.8 Å². The van der Waals surface area contributed by atoms with Crippen molar-refractivity contribution in [2.24, 2.45) is 11.8 Å². The van der Waals surface area contributed by atoms with Crippen molar-refractivity contribution in [2.75, 3.05) is 0 Å². The van der Waals surface area contributed by atoms with E-state index >= 15 is 0 Å². The van der Waals surface area contributed by atoms with Crippen molar-refractivity contribution in [3.8, 4) is 11.1 Å². The van der Waals surface area contributed by atoms with Gasteiger partial charge >= 0.3 is 0 Å². The Hall–Kier alpha value is -4.10. The van der Waals surface area contributed by atoms with Crippen molar-refractivity contribution >= 4 is 0 Å². The highest BCUT2D eigenvalue weighted by atomic mass is 14.9. The summed E-state index contributed by atoms with van der Waals surface area (Å²) in [6.07, 6.45) is 46.0. The first kappa shape index (κ1) is 37.5. The highest BCUT2D eigenvalue weighted by Gasteiger charge is 2.49. The summed E-state index contributed by atoms with van der Waals surface area (Å²) in [7, 11) is 0. The molecule has 0 aliphatic heterocycles. The minimum Gasteiger partial charge on any atom is -0.382 e. The van der Waals surface area contributed by atoms with Crippen molar-refractivity contribution in [1.82, 2.24) is 5.32 Å². The third-order valence-electron chi connectivity index (χ3n) is 15.5. The first-order valence-electron chi connectivity index (χ1n) is 22.8. The molecule has 2 aromatic rings. The predicted octanol–water partition coefficient (Wildman–Crippen LogP) is 14.7. The van der Waals surface area contributed by atoms with E-state index in [0.717, 1.165) is 44.4 Å². The molecule has 1 nitrogen and oxygen atoms in total. The van der Waals surface area contributed by atoms with Crippen LogP contribution < -0.4 is 5.32 Å². The molecule has 2 atom stereocenters. The molecule has 2 aromatic carbocycles. The van der Waals surface area contributed by atoms with E-state index in [1.165, 1.54) is 98.6 Å². The lowest BCUT2D eigenvalue weighted by atomic mass is 9.61. The van der Waals surface area contributed by atoms with Gasteiger partial charge in [0.05, 0.1) is 5.41 Å². The Morgan fingerprint density at radius 1 is 0.661 bits per heavy atom. The van der Waals surface area contributed by atoms with Gasteiger partial charge in [-0.1, -0.05) is 154 Å². The number of hydrogen-bond donors (Lipinski definition) is 1. The minimum atomic E-state index is -0.174. The molecule has 1 heteroatoms. The van der Waals surface area contributed by atoms with Gasteiger partial charge in [0.1, 0.15) is 0 Å². The zero-order valence-corrected chi connectivity index (χ0v) is 34.6. The summed E-state index contributed by atoms with van der Waals surface area (Å²) in [5.74, 6) is 1.45. The van der Waals surface area contributed by atoms with Crippen LogP contribution in [-0.4, -0.2) is 6.04 Å². The summed E-state index contributed by atoms with van der Waals surface area (Å²) in [6.45, 7) is 7.04. The minimum absolute atomic E-state index is 0.174. The van der Waals surface area contributed by atoms with Gasteiger partial charge in [0, 0.05) is 11.7 Å². The maximum Gasteiger partial charge on any atom is 0.0666 e. The molecule has 7 aliphatic carbocycles. The molecule has 0 bridgehead atoms. The Labute approximate surface area is 338 Å². The molecule has 1 fully saturated rings. The standard InChI is InChI=1S/C55H65N/c1-4-54(3,5-2)45-29-19-40(20-30-45)41-21-31-46(32-22-41)55(52-17-11-9-15-50(52)51-16-10-12-18-53(51)55)47-33-23-42(24-34-47)44-27-37-49(38-28-44)56-48-35-25-43(26-36-48)39-13-7-6-8-14-39/h11-12,17-22,25-27,29-33,35,37,39,42,48,56H,4-10,13-16,23-24,28,34,36,38H2,1-3H3. The van der Waals surface area contributed by atoms with Gasteiger partial charge in [-0.15, -0.1) is 0 Å². The van der Waals surface area contributed by atoms with Crippen LogP contribution >= 0.6 is 0 Å². The van der Waals surface area contributed by atoms with Crippen LogP contribution in [0.15, 0.2) is 154 Å².